The van der Waals surface area contributed by atoms with Gasteiger partial charge in [-0.1, -0.05) is 0 Å². The molecule has 2 heterocycles. The predicted octanol–water partition coefficient (Wildman–Crippen LogP) is 0.353. The molecule has 0 unspecified atom stereocenters. The van der Waals surface area contributed by atoms with Crippen LogP contribution in [0.1, 0.15) is 0 Å². The van der Waals surface area contributed by atoms with Crippen LogP contribution in [0.25, 0.3) is 5.65 Å². The maximum atomic E-state index is 5.71. The first kappa shape index (κ1) is 6.90. The molecule has 0 saturated heterocycles. The second-order valence-corrected chi connectivity index (χ2v) is 2.43. The van der Waals surface area contributed by atoms with Crippen molar-refractivity contribution >= 4 is 17.2 Å². The van der Waals surface area contributed by atoms with Crippen LogP contribution in [0.4, 0.5) is 11.5 Å². The van der Waals surface area contributed by atoms with Gasteiger partial charge in [-0.15, -0.1) is 5.10 Å². The lowest BCUT2D eigenvalue weighted by molar-refractivity contribution is 0.941. The van der Waals surface area contributed by atoms with Gasteiger partial charge in [-0.2, -0.15) is 0 Å². The molecule has 0 aromatic carbocycles. The SMILES string of the molecule is CNc1cc(N)c2nccn2n1. The molecule has 0 aliphatic rings. The quantitative estimate of drug-likeness (QED) is 0.636. The van der Waals surface area contributed by atoms with E-state index in [-0.39, 0.29) is 0 Å². The highest BCUT2D eigenvalue weighted by molar-refractivity contribution is 5.67. The Kier molecular flexibility index (Phi) is 1.36. The van der Waals surface area contributed by atoms with Crippen molar-refractivity contribution in [3.8, 4) is 0 Å². The minimum absolute atomic E-state index is 0.624. The summed E-state index contributed by atoms with van der Waals surface area (Å²) in [5.74, 6) is 0.734. The molecule has 0 bridgehead atoms. The summed E-state index contributed by atoms with van der Waals surface area (Å²) in [6.07, 6.45) is 3.42. The van der Waals surface area contributed by atoms with Gasteiger partial charge in [0.2, 0.25) is 0 Å². The Morgan fingerprint density at radius 2 is 2.42 bits per heavy atom. The zero-order valence-electron chi connectivity index (χ0n) is 6.65. The minimum Gasteiger partial charge on any atom is -0.396 e. The van der Waals surface area contributed by atoms with Crippen molar-refractivity contribution in [3.63, 3.8) is 0 Å². The normalized spacial score (nSPS) is 10.4. The average Bonchev–Trinajstić information content (AvgIpc) is 2.52. The molecular weight excluding hydrogens is 154 g/mol. The van der Waals surface area contributed by atoms with Crippen molar-refractivity contribution in [1.82, 2.24) is 14.6 Å². The molecular formula is C7H9N5. The second kappa shape index (κ2) is 2.37. The van der Waals surface area contributed by atoms with Crippen LogP contribution in [0.2, 0.25) is 0 Å². The molecule has 5 nitrogen and oxygen atoms in total. The van der Waals surface area contributed by atoms with E-state index >= 15 is 0 Å². The number of fused-ring (bicyclic) bond motifs is 1. The Morgan fingerprint density at radius 3 is 3.17 bits per heavy atom. The molecule has 0 amide bonds. The van der Waals surface area contributed by atoms with Crippen LogP contribution >= 0.6 is 0 Å². The third kappa shape index (κ3) is 0.868. The predicted molar refractivity (Wildman–Crippen MR) is 46.9 cm³/mol. The monoisotopic (exact) mass is 163 g/mol. The Labute approximate surface area is 69.2 Å². The van der Waals surface area contributed by atoms with Crippen LogP contribution in [0.15, 0.2) is 18.5 Å². The van der Waals surface area contributed by atoms with Crippen LogP contribution in [0, 0.1) is 0 Å². The largest absolute Gasteiger partial charge is 0.396 e. The number of imidazole rings is 1. The maximum Gasteiger partial charge on any atom is 0.176 e. The number of hydrogen-bond acceptors (Lipinski definition) is 4. The van der Waals surface area contributed by atoms with Crippen molar-refractivity contribution in [3.05, 3.63) is 18.5 Å². The summed E-state index contributed by atoms with van der Waals surface area (Å²) in [4.78, 5) is 4.04. The molecule has 0 atom stereocenters. The van der Waals surface area contributed by atoms with E-state index < -0.39 is 0 Å². The topological polar surface area (TPSA) is 68.2 Å². The first-order valence-corrected chi connectivity index (χ1v) is 3.59. The molecule has 62 valence electrons. The lowest BCUT2D eigenvalue weighted by Gasteiger charge is -2.01. The maximum absolute atomic E-state index is 5.71. The number of hydrogen-bond donors (Lipinski definition) is 2. The van der Waals surface area contributed by atoms with Gasteiger partial charge in [-0.3, -0.25) is 0 Å². The van der Waals surface area contributed by atoms with Gasteiger partial charge in [-0.25, -0.2) is 9.50 Å². The van der Waals surface area contributed by atoms with Crippen molar-refractivity contribution in [1.29, 1.82) is 0 Å². The molecule has 0 saturated carbocycles. The van der Waals surface area contributed by atoms with E-state index in [0.29, 0.717) is 11.3 Å². The van der Waals surface area contributed by atoms with Crippen LogP contribution < -0.4 is 11.1 Å². The van der Waals surface area contributed by atoms with Gasteiger partial charge in [-0.05, 0) is 0 Å². The number of nitrogens with two attached hydrogens (primary N) is 1. The molecule has 2 rings (SSSR count). The van der Waals surface area contributed by atoms with Gasteiger partial charge >= 0.3 is 0 Å². The Hall–Kier alpha value is -1.78. The molecule has 3 N–H and O–H groups in total. The highest BCUT2D eigenvalue weighted by atomic mass is 15.3. The Balaban J connectivity index is 2.75. The van der Waals surface area contributed by atoms with Gasteiger partial charge in [0.1, 0.15) is 5.82 Å². The minimum atomic E-state index is 0.624. The highest BCUT2D eigenvalue weighted by Crippen LogP contribution is 2.13. The van der Waals surface area contributed by atoms with E-state index in [0.717, 1.165) is 5.82 Å². The standard InChI is InChI=1S/C7H9N5/c1-9-6-4-5(8)7-10-2-3-12(7)11-6/h2-4H,8H2,1H3,(H,9,11). The molecule has 0 aliphatic heterocycles. The number of nitrogens with one attached hydrogen (secondary N) is 1. The molecule has 5 heteroatoms. The fourth-order valence-electron chi connectivity index (χ4n) is 1.06. The fourth-order valence-corrected chi connectivity index (χ4v) is 1.06. The summed E-state index contributed by atoms with van der Waals surface area (Å²) in [5.41, 5.74) is 7.03. The number of anilines is 2. The highest BCUT2D eigenvalue weighted by Gasteiger charge is 2.01. The zero-order valence-corrected chi connectivity index (χ0v) is 6.65. The molecule has 2 aromatic rings. The average molecular weight is 163 g/mol. The molecule has 2 aromatic heterocycles. The smallest absolute Gasteiger partial charge is 0.176 e. The van der Waals surface area contributed by atoms with Crippen LogP contribution in [0.5, 0.6) is 0 Å². The third-order valence-corrected chi connectivity index (χ3v) is 1.64. The summed E-state index contributed by atoms with van der Waals surface area (Å²) in [6.45, 7) is 0. The summed E-state index contributed by atoms with van der Waals surface area (Å²) >= 11 is 0. The summed E-state index contributed by atoms with van der Waals surface area (Å²) < 4.78 is 1.64. The zero-order chi connectivity index (χ0) is 8.55. The fraction of sp³-hybridized carbons (Fsp3) is 0.143. The Morgan fingerprint density at radius 1 is 1.58 bits per heavy atom. The van der Waals surface area contributed by atoms with Gasteiger partial charge in [0, 0.05) is 25.5 Å². The Bertz CT molecular complexity index is 405. The van der Waals surface area contributed by atoms with Crippen LogP contribution in [-0.2, 0) is 0 Å². The van der Waals surface area contributed by atoms with E-state index in [1.807, 2.05) is 0 Å². The van der Waals surface area contributed by atoms with Crippen molar-refractivity contribution in [2.24, 2.45) is 0 Å². The van der Waals surface area contributed by atoms with Crippen molar-refractivity contribution in [2.45, 2.75) is 0 Å². The van der Waals surface area contributed by atoms with Crippen molar-refractivity contribution < 1.29 is 0 Å². The number of aromatic nitrogens is 3. The summed E-state index contributed by atoms with van der Waals surface area (Å²) in [5, 5.41) is 7.09. The molecule has 0 fully saturated rings. The number of nitrogens with zero attached hydrogens (tertiary/aromatic N) is 3. The van der Waals surface area contributed by atoms with E-state index in [1.165, 1.54) is 0 Å². The van der Waals surface area contributed by atoms with E-state index in [9.17, 15) is 0 Å². The van der Waals surface area contributed by atoms with Gasteiger partial charge in [0.15, 0.2) is 5.65 Å². The van der Waals surface area contributed by atoms with E-state index in [4.69, 9.17) is 5.73 Å². The van der Waals surface area contributed by atoms with Crippen molar-refractivity contribution in [2.75, 3.05) is 18.1 Å². The third-order valence-electron chi connectivity index (χ3n) is 1.64. The van der Waals surface area contributed by atoms with E-state index in [1.54, 1.807) is 30.0 Å². The van der Waals surface area contributed by atoms with E-state index in [2.05, 4.69) is 15.4 Å². The number of rotatable bonds is 1. The molecule has 0 spiro atoms. The van der Waals surface area contributed by atoms with Crippen LogP contribution in [0.3, 0.4) is 0 Å². The lowest BCUT2D eigenvalue weighted by atomic mass is 10.4. The lowest BCUT2D eigenvalue weighted by Crippen LogP contribution is -2.01. The van der Waals surface area contributed by atoms with Gasteiger partial charge in [0.05, 0.1) is 5.69 Å². The number of nitrogen functional groups attached to an aromatic ring is 1. The molecule has 0 radical (unpaired) electrons. The van der Waals surface area contributed by atoms with Gasteiger partial charge in [0.25, 0.3) is 0 Å². The summed E-state index contributed by atoms with van der Waals surface area (Å²) in [7, 11) is 1.80. The first-order chi connectivity index (χ1) is 5.81. The van der Waals surface area contributed by atoms with Crippen LogP contribution in [-0.4, -0.2) is 21.6 Å². The first-order valence-electron chi connectivity index (χ1n) is 3.59. The molecule has 12 heavy (non-hydrogen) atoms. The van der Waals surface area contributed by atoms with Gasteiger partial charge < -0.3 is 11.1 Å². The summed E-state index contributed by atoms with van der Waals surface area (Å²) in [6, 6.07) is 1.75. The second-order valence-electron chi connectivity index (χ2n) is 2.43. The molecule has 0 aliphatic carbocycles.